The first-order valence-electron chi connectivity index (χ1n) is 10.4. The standard InChI is InChI=1S/C24H26F2N4O3/c1-15-20(13-27-16(2)28-15)33-14-24(3,17-6-5-7-18(25)12-17)11-10-22(31)29-21-9-8-19(26)23(30-21)32-4/h5-9,12-13H,10-11,14H2,1-4H3,(H,29,30,31)/t24-/m0/s1. The summed E-state index contributed by atoms with van der Waals surface area (Å²) in [7, 11) is 1.29. The number of amides is 1. The Hall–Kier alpha value is -3.62. The molecule has 0 fully saturated rings. The molecule has 9 heteroatoms. The normalized spacial score (nSPS) is 12.7. The molecule has 0 saturated carbocycles. The van der Waals surface area contributed by atoms with E-state index in [0.717, 1.165) is 6.07 Å². The first kappa shape index (κ1) is 24.0. The summed E-state index contributed by atoms with van der Waals surface area (Å²) in [4.78, 5) is 25.0. The van der Waals surface area contributed by atoms with Crippen molar-refractivity contribution in [1.82, 2.24) is 15.0 Å². The molecule has 1 amide bonds. The summed E-state index contributed by atoms with van der Waals surface area (Å²) in [5, 5.41) is 2.64. The van der Waals surface area contributed by atoms with Crippen molar-refractivity contribution in [3.05, 3.63) is 71.3 Å². The van der Waals surface area contributed by atoms with E-state index in [1.54, 1.807) is 25.3 Å². The van der Waals surface area contributed by atoms with Crippen molar-refractivity contribution in [1.29, 1.82) is 0 Å². The van der Waals surface area contributed by atoms with Gasteiger partial charge in [-0.2, -0.15) is 4.98 Å². The highest BCUT2D eigenvalue weighted by Gasteiger charge is 2.29. The predicted octanol–water partition coefficient (Wildman–Crippen LogP) is 4.53. The minimum Gasteiger partial charge on any atom is -0.489 e. The number of methoxy groups -OCH3 is 1. The van der Waals surface area contributed by atoms with Crippen LogP contribution in [-0.2, 0) is 10.2 Å². The van der Waals surface area contributed by atoms with Crippen LogP contribution in [-0.4, -0.2) is 34.6 Å². The van der Waals surface area contributed by atoms with Crippen molar-refractivity contribution in [2.24, 2.45) is 0 Å². The van der Waals surface area contributed by atoms with Crippen molar-refractivity contribution in [3.63, 3.8) is 0 Å². The number of nitrogens with one attached hydrogen (secondary N) is 1. The van der Waals surface area contributed by atoms with E-state index in [4.69, 9.17) is 9.47 Å². The van der Waals surface area contributed by atoms with E-state index in [9.17, 15) is 13.6 Å². The quantitative estimate of drug-likeness (QED) is 0.509. The van der Waals surface area contributed by atoms with Crippen LogP contribution in [0.5, 0.6) is 11.6 Å². The summed E-state index contributed by atoms with van der Waals surface area (Å²) < 4.78 is 38.4. The van der Waals surface area contributed by atoms with E-state index < -0.39 is 11.2 Å². The van der Waals surface area contributed by atoms with E-state index >= 15 is 0 Å². The minimum atomic E-state index is -0.690. The number of aromatic nitrogens is 3. The van der Waals surface area contributed by atoms with Crippen LogP contribution in [0.1, 0.15) is 36.8 Å². The molecule has 1 atom stereocenters. The molecular weight excluding hydrogens is 430 g/mol. The van der Waals surface area contributed by atoms with Gasteiger partial charge in [0.1, 0.15) is 17.5 Å². The zero-order valence-electron chi connectivity index (χ0n) is 19.0. The lowest BCUT2D eigenvalue weighted by molar-refractivity contribution is -0.116. The Labute approximate surface area is 191 Å². The fourth-order valence-electron chi connectivity index (χ4n) is 3.35. The summed E-state index contributed by atoms with van der Waals surface area (Å²) in [5.41, 5.74) is 0.700. The summed E-state index contributed by atoms with van der Waals surface area (Å²) in [5.74, 6) is -0.197. The molecule has 3 aromatic rings. The molecule has 0 bridgehead atoms. The Bertz CT molecular complexity index is 1140. The molecule has 1 N–H and O–H groups in total. The zero-order chi connectivity index (χ0) is 24.0. The van der Waals surface area contributed by atoms with Gasteiger partial charge in [0, 0.05) is 11.8 Å². The number of pyridine rings is 1. The number of anilines is 1. The number of hydrogen-bond acceptors (Lipinski definition) is 6. The van der Waals surface area contributed by atoms with Crippen LogP contribution in [0.4, 0.5) is 14.6 Å². The van der Waals surface area contributed by atoms with Crippen LogP contribution in [0.2, 0.25) is 0 Å². The smallest absolute Gasteiger partial charge is 0.252 e. The number of rotatable bonds is 9. The van der Waals surface area contributed by atoms with Crippen LogP contribution in [0.15, 0.2) is 42.6 Å². The first-order chi connectivity index (χ1) is 15.7. The van der Waals surface area contributed by atoms with Crippen LogP contribution in [0.3, 0.4) is 0 Å². The largest absolute Gasteiger partial charge is 0.489 e. The van der Waals surface area contributed by atoms with Gasteiger partial charge in [-0.15, -0.1) is 0 Å². The van der Waals surface area contributed by atoms with Gasteiger partial charge in [0.15, 0.2) is 11.6 Å². The topological polar surface area (TPSA) is 86.2 Å². The molecule has 2 aromatic heterocycles. The predicted molar refractivity (Wildman–Crippen MR) is 119 cm³/mol. The lowest BCUT2D eigenvalue weighted by atomic mass is 9.79. The molecule has 2 heterocycles. The third-order valence-corrected chi connectivity index (χ3v) is 5.30. The minimum absolute atomic E-state index is 0.0983. The number of aryl methyl sites for hydroxylation is 2. The highest BCUT2D eigenvalue weighted by Crippen LogP contribution is 2.31. The van der Waals surface area contributed by atoms with Gasteiger partial charge in [0.2, 0.25) is 5.91 Å². The second kappa shape index (κ2) is 10.3. The number of nitrogens with zero attached hydrogens (tertiary/aromatic N) is 3. The number of carbonyl (C=O) groups excluding carboxylic acids is 1. The Morgan fingerprint density at radius 1 is 1.15 bits per heavy atom. The second-order valence-electron chi connectivity index (χ2n) is 7.96. The highest BCUT2D eigenvalue weighted by atomic mass is 19.1. The fourth-order valence-corrected chi connectivity index (χ4v) is 3.35. The molecular formula is C24H26F2N4O3. The maximum Gasteiger partial charge on any atom is 0.252 e. The van der Waals surface area contributed by atoms with Gasteiger partial charge in [0.25, 0.3) is 5.88 Å². The van der Waals surface area contributed by atoms with E-state index in [1.165, 1.54) is 25.3 Å². The van der Waals surface area contributed by atoms with E-state index in [2.05, 4.69) is 20.3 Å². The van der Waals surface area contributed by atoms with Gasteiger partial charge in [-0.25, -0.2) is 18.7 Å². The molecule has 0 aliphatic carbocycles. The number of hydrogen-bond donors (Lipinski definition) is 1. The van der Waals surface area contributed by atoms with Gasteiger partial charge in [-0.05, 0) is 50.1 Å². The average molecular weight is 456 g/mol. The average Bonchev–Trinajstić information content (AvgIpc) is 2.78. The molecule has 7 nitrogen and oxygen atoms in total. The molecule has 0 aliphatic heterocycles. The van der Waals surface area contributed by atoms with Gasteiger partial charge in [-0.1, -0.05) is 19.1 Å². The number of halogens is 2. The van der Waals surface area contributed by atoms with Crippen molar-refractivity contribution in [2.45, 2.75) is 39.0 Å². The zero-order valence-corrected chi connectivity index (χ0v) is 19.0. The van der Waals surface area contributed by atoms with Crippen molar-refractivity contribution < 1.29 is 23.0 Å². The Balaban J connectivity index is 1.74. The van der Waals surface area contributed by atoms with Gasteiger partial charge < -0.3 is 14.8 Å². The number of carbonyl (C=O) groups is 1. The Kier molecular flexibility index (Phi) is 7.52. The molecule has 33 heavy (non-hydrogen) atoms. The van der Waals surface area contributed by atoms with E-state index in [1.807, 2.05) is 13.8 Å². The summed E-state index contributed by atoms with van der Waals surface area (Å²) in [6.07, 6.45) is 2.05. The lowest BCUT2D eigenvalue weighted by Crippen LogP contribution is -2.32. The van der Waals surface area contributed by atoms with Crippen molar-refractivity contribution in [2.75, 3.05) is 19.0 Å². The van der Waals surface area contributed by atoms with Crippen LogP contribution in [0, 0.1) is 25.5 Å². The molecule has 174 valence electrons. The summed E-state index contributed by atoms with van der Waals surface area (Å²) >= 11 is 0. The first-order valence-corrected chi connectivity index (χ1v) is 10.4. The molecule has 0 spiro atoms. The Morgan fingerprint density at radius 2 is 1.94 bits per heavy atom. The second-order valence-corrected chi connectivity index (χ2v) is 7.96. The molecule has 0 unspecified atom stereocenters. The Morgan fingerprint density at radius 3 is 2.64 bits per heavy atom. The third kappa shape index (κ3) is 6.21. The van der Waals surface area contributed by atoms with Gasteiger partial charge in [-0.3, -0.25) is 4.79 Å². The molecule has 0 radical (unpaired) electrons. The molecule has 0 aliphatic rings. The van der Waals surface area contributed by atoms with Crippen LogP contribution in [0.25, 0.3) is 0 Å². The molecule has 1 aromatic carbocycles. The highest BCUT2D eigenvalue weighted by molar-refractivity contribution is 5.89. The van der Waals surface area contributed by atoms with Gasteiger partial charge >= 0.3 is 0 Å². The third-order valence-electron chi connectivity index (χ3n) is 5.30. The lowest BCUT2D eigenvalue weighted by Gasteiger charge is -2.30. The maximum atomic E-state index is 14.0. The number of benzene rings is 1. The van der Waals surface area contributed by atoms with Crippen LogP contribution < -0.4 is 14.8 Å². The van der Waals surface area contributed by atoms with E-state index in [0.29, 0.717) is 29.3 Å². The summed E-state index contributed by atoms with van der Waals surface area (Å²) in [6, 6.07) is 8.74. The molecule has 3 rings (SSSR count). The summed E-state index contributed by atoms with van der Waals surface area (Å²) in [6.45, 7) is 5.69. The van der Waals surface area contributed by atoms with Crippen LogP contribution >= 0.6 is 0 Å². The van der Waals surface area contributed by atoms with Crippen molar-refractivity contribution in [3.8, 4) is 11.6 Å². The molecule has 0 saturated heterocycles. The van der Waals surface area contributed by atoms with Crippen molar-refractivity contribution >= 4 is 11.7 Å². The monoisotopic (exact) mass is 456 g/mol. The van der Waals surface area contributed by atoms with Gasteiger partial charge in [0.05, 0.1) is 25.6 Å². The number of ether oxygens (including phenoxy) is 2. The fraction of sp³-hybridized carbons (Fsp3) is 0.333. The van der Waals surface area contributed by atoms with E-state index in [-0.39, 0.29) is 36.4 Å². The maximum absolute atomic E-state index is 14.0. The SMILES string of the molecule is COc1nc(NC(=O)CC[C@@](C)(COc2cnc(C)nc2C)c2cccc(F)c2)ccc1F.